The summed E-state index contributed by atoms with van der Waals surface area (Å²) in [5.74, 6) is 0. The van der Waals surface area contributed by atoms with Crippen molar-refractivity contribution >= 4 is 0 Å². The fourth-order valence-corrected chi connectivity index (χ4v) is 0.167. The van der Waals surface area contributed by atoms with Gasteiger partial charge in [0.25, 0.3) is 0 Å². The quantitative estimate of drug-likeness (QED) is 0.337. The van der Waals surface area contributed by atoms with E-state index in [1.54, 1.807) is 0 Å². The molecule has 0 aromatic heterocycles. The van der Waals surface area contributed by atoms with Crippen LogP contribution >= 0.6 is 0 Å². The Bertz CT molecular complexity index is 49.7. The van der Waals surface area contributed by atoms with Gasteiger partial charge >= 0.3 is 51.4 Å². The minimum atomic E-state index is -0.301. The Morgan fingerprint density at radius 2 is 2.43 bits per heavy atom. The second-order valence-electron chi connectivity index (χ2n) is 1.21. The summed E-state index contributed by atoms with van der Waals surface area (Å²) in [6.45, 7) is 5.29. The summed E-state index contributed by atoms with van der Waals surface area (Å²) in [6.07, 6.45) is 1.99. The molecule has 0 aliphatic heterocycles. The van der Waals surface area contributed by atoms with E-state index in [1.807, 2.05) is 6.92 Å². The third-order valence-electron chi connectivity index (χ3n) is 0.690. The van der Waals surface area contributed by atoms with Crippen LogP contribution in [0.1, 0.15) is 14.8 Å². The molecule has 1 N–H and O–H groups in total. The topological polar surface area (TPSA) is 20.2 Å². The van der Waals surface area contributed by atoms with Crippen LogP contribution in [0.3, 0.4) is 0 Å². The van der Waals surface area contributed by atoms with Gasteiger partial charge in [-0.3, -0.25) is 0 Å². The van der Waals surface area contributed by atoms with Gasteiger partial charge in [0, 0.05) is 0 Å². The van der Waals surface area contributed by atoms with Gasteiger partial charge in [-0.05, 0) is 6.42 Å². The first-order valence-corrected chi connectivity index (χ1v) is 2.12. The predicted molar refractivity (Wildman–Crippen MR) is 27.6 cm³/mol. The van der Waals surface area contributed by atoms with E-state index in [2.05, 4.69) is 6.58 Å². The van der Waals surface area contributed by atoms with Crippen LogP contribution in [0.15, 0.2) is 12.7 Å². The summed E-state index contributed by atoms with van der Waals surface area (Å²) in [6, 6.07) is 0. The van der Waals surface area contributed by atoms with Crippen LogP contribution in [0, 0.1) is 0 Å². The number of aliphatic hydroxyl groups excluding tert-OH is 1. The zero-order valence-electron chi connectivity index (χ0n) is 6.02. The monoisotopic (exact) mass is 126 g/mol. The van der Waals surface area contributed by atoms with Crippen LogP contribution in [-0.2, 0) is 0 Å². The van der Waals surface area contributed by atoms with Gasteiger partial charge in [0.05, 0.1) is 6.10 Å². The van der Waals surface area contributed by atoms with E-state index in [1.165, 1.54) is 6.08 Å². The maximum absolute atomic E-state index is 8.55. The van der Waals surface area contributed by atoms with E-state index in [9.17, 15) is 0 Å². The summed E-state index contributed by atoms with van der Waals surface area (Å²) in [5.41, 5.74) is 0. The summed E-state index contributed by atoms with van der Waals surface area (Å²) >= 11 is 0. The van der Waals surface area contributed by atoms with Crippen molar-refractivity contribution in [1.82, 2.24) is 0 Å². The van der Waals surface area contributed by atoms with Crippen LogP contribution in [0.2, 0.25) is 0 Å². The summed E-state index contributed by atoms with van der Waals surface area (Å²) in [5, 5.41) is 8.55. The Kier molecular flexibility index (Phi) is 11.7. The van der Waals surface area contributed by atoms with Crippen molar-refractivity contribution in [2.75, 3.05) is 0 Å². The second kappa shape index (κ2) is 7.34. The molecule has 1 unspecified atom stereocenters. The molecule has 0 radical (unpaired) electrons. The zero-order chi connectivity index (χ0) is 4.99. The smallest absolute Gasteiger partial charge is 1.00 e. The number of hydrogen-bond acceptors (Lipinski definition) is 1. The molecule has 0 spiro atoms. The van der Waals surface area contributed by atoms with Crippen LogP contribution in [0.5, 0.6) is 0 Å². The predicted octanol–water partition coefficient (Wildman–Crippen LogP) is -1.94. The molecule has 0 aliphatic rings. The normalized spacial score (nSPS) is 11.7. The van der Waals surface area contributed by atoms with Gasteiger partial charge in [0.1, 0.15) is 0 Å². The Morgan fingerprint density at radius 1 is 2.00 bits per heavy atom. The molecule has 0 rings (SSSR count). The van der Waals surface area contributed by atoms with Crippen molar-refractivity contribution in [3.8, 4) is 0 Å². The summed E-state index contributed by atoms with van der Waals surface area (Å²) in [4.78, 5) is 0. The molecule has 0 aromatic carbocycles. The molecule has 0 aliphatic carbocycles. The standard InChI is InChI=1S/C5H10O.K.H/c1-3-5(6)4-2;;/h3,5-6H,1,4H2,2H3;;/q;+1;-1. The average molecular weight is 126 g/mol. The van der Waals surface area contributed by atoms with Gasteiger partial charge in [-0.2, -0.15) is 0 Å². The molecule has 1 nitrogen and oxygen atoms in total. The van der Waals surface area contributed by atoms with Gasteiger partial charge in [0.15, 0.2) is 0 Å². The van der Waals surface area contributed by atoms with E-state index >= 15 is 0 Å². The van der Waals surface area contributed by atoms with Gasteiger partial charge in [-0.1, -0.05) is 13.0 Å². The van der Waals surface area contributed by atoms with Gasteiger partial charge in [-0.15, -0.1) is 6.58 Å². The summed E-state index contributed by atoms with van der Waals surface area (Å²) in [7, 11) is 0. The molecular formula is C5H11KO. The second-order valence-corrected chi connectivity index (χ2v) is 1.21. The molecule has 0 heterocycles. The molecule has 7 heavy (non-hydrogen) atoms. The Balaban J connectivity index is -0.000000125. The third kappa shape index (κ3) is 7.34. The molecule has 0 saturated heterocycles. The van der Waals surface area contributed by atoms with Crippen LogP contribution in [0.4, 0.5) is 0 Å². The van der Waals surface area contributed by atoms with Crippen molar-refractivity contribution in [3.05, 3.63) is 12.7 Å². The molecule has 2 heteroatoms. The minimum Gasteiger partial charge on any atom is -1.00 e. The molecule has 0 fully saturated rings. The summed E-state index contributed by atoms with van der Waals surface area (Å²) < 4.78 is 0. The Labute approximate surface area is 88.7 Å². The van der Waals surface area contributed by atoms with Crippen LogP contribution < -0.4 is 51.4 Å². The molecule has 1 atom stereocenters. The van der Waals surface area contributed by atoms with E-state index < -0.39 is 0 Å². The van der Waals surface area contributed by atoms with E-state index in [-0.39, 0.29) is 58.9 Å². The zero-order valence-corrected chi connectivity index (χ0v) is 8.14. The fourth-order valence-electron chi connectivity index (χ4n) is 0.167. The van der Waals surface area contributed by atoms with Gasteiger partial charge < -0.3 is 6.53 Å². The Hall–Kier alpha value is 1.34. The average Bonchev–Trinajstić information content (AvgIpc) is 1.65. The first-order chi connectivity index (χ1) is 2.81. The number of rotatable bonds is 2. The third-order valence-corrected chi connectivity index (χ3v) is 0.690. The van der Waals surface area contributed by atoms with Gasteiger partial charge in [-0.25, -0.2) is 0 Å². The maximum Gasteiger partial charge on any atom is 1.00 e. The van der Waals surface area contributed by atoms with Crippen molar-refractivity contribution in [2.45, 2.75) is 19.4 Å². The molecule has 0 saturated carbocycles. The first-order valence-electron chi connectivity index (χ1n) is 2.12. The molecule has 0 bridgehead atoms. The largest absolute Gasteiger partial charge is 1.00 e. The number of aliphatic hydroxyl groups is 1. The van der Waals surface area contributed by atoms with Crippen molar-refractivity contribution in [3.63, 3.8) is 0 Å². The van der Waals surface area contributed by atoms with Crippen LogP contribution in [-0.4, -0.2) is 11.2 Å². The maximum atomic E-state index is 8.55. The molecular weight excluding hydrogens is 115 g/mol. The molecule has 38 valence electrons. The van der Waals surface area contributed by atoms with Gasteiger partial charge in [0.2, 0.25) is 0 Å². The van der Waals surface area contributed by atoms with Crippen molar-refractivity contribution in [1.29, 1.82) is 0 Å². The minimum absolute atomic E-state index is 0. The van der Waals surface area contributed by atoms with E-state index in [4.69, 9.17) is 5.11 Å². The molecule has 0 aromatic rings. The van der Waals surface area contributed by atoms with Crippen LogP contribution in [0.25, 0.3) is 0 Å². The van der Waals surface area contributed by atoms with E-state index in [0.29, 0.717) is 0 Å². The molecule has 0 amide bonds. The first kappa shape index (κ1) is 11.2. The fraction of sp³-hybridized carbons (Fsp3) is 0.600. The van der Waals surface area contributed by atoms with Crippen molar-refractivity contribution in [2.24, 2.45) is 0 Å². The number of hydrogen-bond donors (Lipinski definition) is 1. The Morgan fingerprint density at radius 3 is 2.43 bits per heavy atom. The van der Waals surface area contributed by atoms with Crippen molar-refractivity contribution < 1.29 is 57.9 Å². The van der Waals surface area contributed by atoms with E-state index in [0.717, 1.165) is 6.42 Å². The SMILES string of the molecule is C=CC(O)CC.[H-].[K+].